The molecule has 1 N–H and O–H groups in total. The maximum Gasteiger partial charge on any atom is 0.230 e. The molecule has 1 saturated carbocycles. The minimum Gasteiger partial charge on any atom is -0.353 e. The van der Waals surface area contributed by atoms with Crippen LogP contribution in [0, 0.1) is 6.92 Å². The fraction of sp³-hybridized carbons (Fsp3) is 0.350. The Labute approximate surface area is 161 Å². The van der Waals surface area contributed by atoms with E-state index >= 15 is 0 Å². The van der Waals surface area contributed by atoms with Crippen LogP contribution in [0.15, 0.2) is 41.7 Å². The van der Waals surface area contributed by atoms with Crippen LogP contribution in [0.4, 0.5) is 0 Å². The minimum atomic E-state index is 0.0990. The third-order valence-corrected chi connectivity index (χ3v) is 6.75. The van der Waals surface area contributed by atoms with Gasteiger partial charge in [-0.25, -0.2) is 9.97 Å². The first-order valence-electron chi connectivity index (χ1n) is 8.94. The number of nitrogens with zero attached hydrogens (tertiary/aromatic N) is 2. The molecule has 0 atom stereocenters. The lowest BCUT2D eigenvalue weighted by Gasteiger charge is -2.11. The molecule has 0 spiro atoms. The summed E-state index contributed by atoms with van der Waals surface area (Å²) in [7, 11) is 0. The van der Waals surface area contributed by atoms with Gasteiger partial charge in [-0.15, -0.1) is 11.3 Å². The maximum absolute atomic E-state index is 12.3. The van der Waals surface area contributed by atoms with E-state index in [-0.39, 0.29) is 5.91 Å². The number of aromatic nitrogens is 2. The summed E-state index contributed by atoms with van der Waals surface area (Å²) < 4.78 is 0. The SMILES string of the molecule is Cc1sc2ncnc(SCC(=O)NC3CCCC3)c2c1-c1ccccc1. The number of carbonyl (C=O) groups is 1. The minimum absolute atomic E-state index is 0.0990. The van der Waals surface area contributed by atoms with Gasteiger partial charge in [-0.1, -0.05) is 54.9 Å². The summed E-state index contributed by atoms with van der Waals surface area (Å²) in [5.41, 5.74) is 2.35. The van der Waals surface area contributed by atoms with Crippen molar-refractivity contribution < 1.29 is 4.79 Å². The summed E-state index contributed by atoms with van der Waals surface area (Å²) in [5.74, 6) is 0.494. The zero-order valence-electron chi connectivity index (χ0n) is 14.7. The van der Waals surface area contributed by atoms with E-state index in [9.17, 15) is 4.79 Å². The average Bonchev–Trinajstić information content (AvgIpc) is 3.27. The largest absolute Gasteiger partial charge is 0.353 e. The van der Waals surface area contributed by atoms with Crippen molar-refractivity contribution in [3.63, 3.8) is 0 Å². The predicted molar refractivity (Wildman–Crippen MR) is 109 cm³/mol. The number of carbonyl (C=O) groups excluding carboxylic acids is 1. The van der Waals surface area contributed by atoms with Crippen molar-refractivity contribution in [2.45, 2.75) is 43.7 Å². The van der Waals surface area contributed by atoms with Crippen molar-refractivity contribution in [2.24, 2.45) is 0 Å². The van der Waals surface area contributed by atoms with E-state index in [4.69, 9.17) is 0 Å². The summed E-state index contributed by atoms with van der Waals surface area (Å²) in [4.78, 5) is 23.4. The number of hydrogen-bond donors (Lipinski definition) is 1. The quantitative estimate of drug-likeness (QED) is 0.507. The molecule has 4 rings (SSSR count). The zero-order valence-corrected chi connectivity index (χ0v) is 16.3. The molecule has 0 radical (unpaired) electrons. The Morgan fingerprint density at radius 2 is 2.00 bits per heavy atom. The Morgan fingerprint density at radius 3 is 2.77 bits per heavy atom. The van der Waals surface area contributed by atoms with Crippen molar-refractivity contribution in [1.29, 1.82) is 0 Å². The molecule has 1 fully saturated rings. The van der Waals surface area contributed by atoms with Gasteiger partial charge >= 0.3 is 0 Å². The van der Waals surface area contributed by atoms with Gasteiger partial charge in [-0.3, -0.25) is 4.79 Å². The highest BCUT2D eigenvalue weighted by molar-refractivity contribution is 8.00. The summed E-state index contributed by atoms with van der Waals surface area (Å²) in [6, 6.07) is 10.7. The summed E-state index contributed by atoms with van der Waals surface area (Å²) in [6.07, 6.45) is 6.26. The first kappa shape index (κ1) is 17.5. The smallest absolute Gasteiger partial charge is 0.230 e. The Bertz CT molecular complexity index is 917. The molecule has 1 amide bonds. The predicted octanol–water partition coefficient (Wildman–Crippen LogP) is 4.82. The van der Waals surface area contributed by atoms with Gasteiger partial charge in [0.25, 0.3) is 0 Å². The van der Waals surface area contributed by atoms with Gasteiger partial charge < -0.3 is 5.32 Å². The number of aryl methyl sites for hydroxylation is 1. The lowest BCUT2D eigenvalue weighted by molar-refractivity contribution is -0.119. The standard InChI is InChI=1S/C20H21N3OS2/c1-13-17(14-7-3-2-4-8-14)18-19(21-12-22-20(18)26-13)25-11-16(24)23-15-9-5-6-10-15/h2-4,7-8,12,15H,5-6,9-11H2,1H3,(H,23,24). The van der Waals surface area contributed by atoms with Gasteiger partial charge in [0.15, 0.2) is 0 Å². The second-order valence-electron chi connectivity index (χ2n) is 6.60. The van der Waals surface area contributed by atoms with Crippen molar-refractivity contribution in [1.82, 2.24) is 15.3 Å². The second kappa shape index (κ2) is 7.76. The van der Waals surface area contributed by atoms with Gasteiger partial charge in [0.1, 0.15) is 16.2 Å². The molecule has 2 heterocycles. The van der Waals surface area contributed by atoms with Crippen molar-refractivity contribution >= 4 is 39.2 Å². The van der Waals surface area contributed by atoms with E-state index in [1.807, 2.05) is 18.2 Å². The van der Waals surface area contributed by atoms with E-state index in [2.05, 4.69) is 34.3 Å². The maximum atomic E-state index is 12.3. The summed E-state index contributed by atoms with van der Waals surface area (Å²) in [5, 5.41) is 5.11. The van der Waals surface area contributed by atoms with Crippen LogP contribution in [0.3, 0.4) is 0 Å². The zero-order chi connectivity index (χ0) is 17.9. The Hall–Kier alpha value is -1.92. The molecule has 1 aliphatic carbocycles. The van der Waals surface area contributed by atoms with E-state index in [0.29, 0.717) is 11.8 Å². The van der Waals surface area contributed by atoms with Crippen LogP contribution in [0.1, 0.15) is 30.6 Å². The number of benzene rings is 1. The second-order valence-corrected chi connectivity index (χ2v) is 8.76. The molecule has 2 aromatic heterocycles. The fourth-order valence-electron chi connectivity index (χ4n) is 3.55. The van der Waals surface area contributed by atoms with Gasteiger partial charge in [-0.05, 0) is 25.3 Å². The third-order valence-electron chi connectivity index (χ3n) is 4.75. The monoisotopic (exact) mass is 383 g/mol. The van der Waals surface area contributed by atoms with Crippen molar-refractivity contribution in [2.75, 3.05) is 5.75 Å². The van der Waals surface area contributed by atoms with Crippen LogP contribution in [-0.2, 0) is 4.79 Å². The van der Waals surface area contributed by atoms with E-state index in [1.165, 1.54) is 40.6 Å². The molecule has 26 heavy (non-hydrogen) atoms. The van der Waals surface area contributed by atoms with Crippen LogP contribution < -0.4 is 5.32 Å². The van der Waals surface area contributed by atoms with Crippen molar-refractivity contribution in [3.8, 4) is 11.1 Å². The van der Waals surface area contributed by atoms with Crippen LogP contribution in [-0.4, -0.2) is 27.7 Å². The summed E-state index contributed by atoms with van der Waals surface area (Å²) >= 11 is 3.19. The topological polar surface area (TPSA) is 54.9 Å². The number of amides is 1. The number of nitrogens with one attached hydrogen (secondary N) is 1. The van der Waals surface area contributed by atoms with Gasteiger partial charge in [0.2, 0.25) is 5.91 Å². The third kappa shape index (κ3) is 3.62. The highest BCUT2D eigenvalue weighted by Crippen LogP contribution is 2.41. The lowest BCUT2D eigenvalue weighted by Crippen LogP contribution is -2.33. The first-order chi connectivity index (χ1) is 12.7. The molecular weight excluding hydrogens is 362 g/mol. The average molecular weight is 384 g/mol. The van der Waals surface area contributed by atoms with Crippen LogP contribution in [0.2, 0.25) is 0 Å². The fourth-order valence-corrected chi connectivity index (χ4v) is 5.45. The number of thiophene rings is 1. The number of hydrogen-bond acceptors (Lipinski definition) is 5. The van der Waals surface area contributed by atoms with Crippen LogP contribution in [0.5, 0.6) is 0 Å². The number of fused-ring (bicyclic) bond motifs is 1. The lowest BCUT2D eigenvalue weighted by atomic mass is 10.0. The van der Waals surface area contributed by atoms with Gasteiger partial charge in [0.05, 0.1) is 11.1 Å². The molecular formula is C20H21N3OS2. The molecule has 4 nitrogen and oxygen atoms in total. The highest BCUT2D eigenvalue weighted by atomic mass is 32.2. The van der Waals surface area contributed by atoms with E-state index in [1.54, 1.807) is 17.7 Å². The van der Waals surface area contributed by atoms with E-state index in [0.717, 1.165) is 28.1 Å². The Morgan fingerprint density at radius 1 is 1.23 bits per heavy atom. The molecule has 0 aliphatic heterocycles. The molecule has 3 aromatic rings. The number of thioether (sulfide) groups is 1. The summed E-state index contributed by atoms with van der Waals surface area (Å²) in [6.45, 7) is 2.12. The normalized spacial score (nSPS) is 14.8. The van der Waals surface area contributed by atoms with E-state index < -0.39 is 0 Å². The molecule has 0 saturated heterocycles. The number of rotatable bonds is 5. The van der Waals surface area contributed by atoms with Crippen molar-refractivity contribution in [3.05, 3.63) is 41.5 Å². The molecule has 0 unspecified atom stereocenters. The molecule has 0 bridgehead atoms. The molecule has 6 heteroatoms. The Kier molecular flexibility index (Phi) is 5.22. The van der Waals surface area contributed by atoms with Crippen LogP contribution in [0.25, 0.3) is 21.3 Å². The van der Waals surface area contributed by atoms with Crippen LogP contribution >= 0.6 is 23.1 Å². The molecule has 1 aliphatic rings. The first-order valence-corrected chi connectivity index (χ1v) is 10.7. The molecule has 1 aromatic carbocycles. The van der Waals surface area contributed by atoms with Gasteiger partial charge in [0, 0.05) is 16.5 Å². The highest BCUT2D eigenvalue weighted by Gasteiger charge is 2.20. The molecule has 134 valence electrons. The van der Waals surface area contributed by atoms with Gasteiger partial charge in [-0.2, -0.15) is 0 Å². The Balaban J connectivity index is 1.60.